The normalized spacial score (nSPS) is 10.4. The molecule has 0 atom stereocenters. The number of methoxy groups -OCH3 is 1. The molecule has 28 heavy (non-hydrogen) atoms. The van der Waals surface area contributed by atoms with E-state index in [1.807, 2.05) is 61.5 Å². The Morgan fingerprint density at radius 3 is 2.61 bits per heavy atom. The molecule has 0 aliphatic heterocycles. The fourth-order valence-corrected chi connectivity index (χ4v) is 2.84. The predicted octanol–water partition coefficient (Wildman–Crippen LogP) is 3.72. The van der Waals surface area contributed by atoms with Gasteiger partial charge in [0, 0.05) is 25.0 Å². The van der Waals surface area contributed by atoms with Crippen molar-refractivity contribution in [2.24, 2.45) is 0 Å². The number of carbonyl (C=O) groups excluding carboxylic acids is 1. The molecular weight excluding hydrogens is 352 g/mol. The van der Waals surface area contributed by atoms with E-state index >= 15 is 0 Å². The molecule has 3 aromatic rings. The molecule has 1 heterocycles. The van der Waals surface area contributed by atoms with Crippen LogP contribution in [0.15, 0.2) is 60.7 Å². The first-order chi connectivity index (χ1) is 13.6. The van der Waals surface area contributed by atoms with E-state index in [4.69, 9.17) is 4.74 Å². The number of benzene rings is 2. The maximum atomic E-state index is 12.8. The van der Waals surface area contributed by atoms with Crippen molar-refractivity contribution in [1.82, 2.24) is 9.97 Å². The second kappa shape index (κ2) is 8.99. The third-order valence-corrected chi connectivity index (χ3v) is 4.35. The van der Waals surface area contributed by atoms with Gasteiger partial charge in [-0.05, 0) is 49.2 Å². The molecule has 1 N–H and O–H groups in total. The maximum Gasteiger partial charge on any atom is 0.276 e. The number of para-hydroxylation sites is 1. The summed E-state index contributed by atoms with van der Waals surface area (Å²) in [5.41, 5.74) is 3.07. The number of hydrogen-bond donors (Lipinski definition) is 1. The highest BCUT2D eigenvalue weighted by molar-refractivity contribution is 6.04. The molecule has 0 bridgehead atoms. The minimum Gasteiger partial charge on any atom is -0.497 e. The van der Waals surface area contributed by atoms with Gasteiger partial charge in [-0.25, -0.2) is 9.97 Å². The van der Waals surface area contributed by atoms with E-state index < -0.39 is 0 Å². The summed E-state index contributed by atoms with van der Waals surface area (Å²) in [6.45, 7) is 2.51. The number of carbonyl (C=O) groups is 1. The highest BCUT2D eigenvalue weighted by atomic mass is 16.5. The lowest BCUT2D eigenvalue weighted by molar-refractivity contribution is 0.0988. The summed E-state index contributed by atoms with van der Waals surface area (Å²) >= 11 is 0. The van der Waals surface area contributed by atoms with E-state index in [1.165, 1.54) is 0 Å². The Labute approximate surface area is 165 Å². The summed E-state index contributed by atoms with van der Waals surface area (Å²) in [6.07, 6.45) is 0.793. The first kappa shape index (κ1) is 19.4. The van der Waals surface area contributed by atoms with Gasteiger partial charge in [0.25, 0.3) is 5.91 Å². The van der Waals surface area contributed by atoms with Gasteiger partial charge in [-0.15, -0.1) is 0 Å². The van der Waals surface area contributed by atoms with E-state index in [2.05, 4.69) is 15.3 Å². The third kappa shape index (κ3) is 4.85. The van der Waals surface area contributed by atoms with Crippen molar-refractivity contribution in [3.8, 4) is 5.75 Å². The van der Waals surface area contributed by atoms with Crippen molar-refractivity contribution in [3.63, 3.8) is 0 Å². The van der Waals surface area contributed by atoms with E-state index in [1.54, 1.807) is 25.1 Å². The zero-order chi connectivity index (χ0) is 19.9. The third-order valence-electron chi connectivity index (χ3n) is 4.35. The highest BCUT2D eigenvalue weighted by Crippen LogP contribution is 2.16. The molecule has 1 amide bonds. The average molecular weight is 376 g/mol. The Balaban J connectivity index is 1.68. The molecule has 0 aliphatic rings. The quantitative estimate of drug-likeness (QED) is 0.681. The van der Waals surface area contributed by atoms with Crippen molar-refractivity contribution in [2.45, 2.75) is 13.3 Å². The van der Waals surface area contributed by atoms with Gasteiger partial charge in [0.1, 0.15) is 11.4 Å². The number of anilines is 2. The van der Waals surface area contributed by atoms with Crippen LogP contribution in [0.1, 0.15) is 21.7 Å². The number of nitrogens with zero attached hydrogens (tertiary/aromatic N) is 3. The molecule has 144 valence electrons. The van der Waals surface area contributed by atoms with Crippen LogP contribution in [-0.2, 0) is 6.42 Å². The van der Waals surface area contributed by atoms with Gasteiger partial charge in [-0.3, -0.25) is 4.79 Å². The number of amides is 1. The molecule has 0 saturated carbocycles. The second-order valence-corrected chi connectivity index (χ2v) is 6.45. The Bertz CT molecular complexity index is 944. The largest absolute Gasteiger partial charge is 0.497 e. The summed E-state index contributed by atoms with van der Waals surface area (Å²) < 4.78 is 5.25. The second-order valence-electron chi connectivity index (χ2n) is 6.45. The zero-order valence-electron chi connectivity index (χ0n) is 16.3. The standard InChI is InChI=1S/C22H24N4O2/c1-16-14-20(21(27)26(2)18-9-5-4-6-10-18)25-22(24-16)23-13-12-17-8-7-11-19(15-17)28-3/h4-11,14-15H,12-13H2,1-3H3,(H,23,24,25). The van der Waals surface area contributed by atoms with Gasteiger partial charge in [0.2, 0.25) is 5.95 Å². The topological polar surface area (TPSA) is 67.3 Å². The molecule has 0 radical (unpaired) electrons. The lowest BCUT2D eigenvalue weighted by atomic mass is 10.1. The zero-order valence-corrected chi connectivity index (χ0v) is 16.3. The van der Waals surface area contributed by atoms with Crippen molar-refractivity contribution >= 4 is 17.5 Å². The van der Waals surface area contributed by atoms with Gasteiger partial charge in [-0.1, -0.05) is 30.3 Å². The van der Waals surface area contributed by atoms with E-state index in [9.17, 15) is 4.79 Å². The number of hydrogen-bond acceptors (Lipinski definition) is 5. The first-order valence-corrected chi connectivity index (χ1v) is 9.12. The minimum absolute atomic E-state index is 0.174. The van der Waals surface area contributed by atoms with Crippen LogP contribution in [0.25, 0.3) is 0 Å². The van der Waals surface area contributed by atoms with Crippen molar-refractivity contribution < 1.29 is 9.53 Å². The van der Waals surface area contributed by atoms with Crippen LogP contribution in [0.4, 0.5) is 11.6 Å². The Morgan fingerprint density at radius 1 is 1.07 bits per heavy atom. The van der Waals surface area contributed by atoms with Crippen LogP contribution in [0.5, 0.6) is 5.75 Å². The molecule has 0 spiro atoms. The van der Waals surface area contributed by atoms with Gasteiger partial charge in [0.15, 0.2) is 0 Å². The summed E-state index contributed by atoms with van der Waals surface area (Å²) in [6, 6.07) is 19.1. The first-order valence-electron chi connectivity index (χ1n) is 9.12. The van der Waals surface area contributed by atoms with Crippen LogP contribution in [0.3, 0.4) is 0 Å². The Morgan fingerprint density at radius 2 is 1.86 bits per heavy atom. The Hall–Kier alpha value is -3.41. The molecule has 6 nitrogen and oxygen atoms in total. The minimum atomic E-state index is -0.174. The van der Waals surface area contributed by atoms with Crippen LogP contribution < -0.4 is 15.0 Å². The van der Waals surface area contributed by atoms with Crippen molar-refractivity contribution in [2.75, 3.05) is 30.9 Å². The fraction of sp³-hybridized carbons (Fsp3) is 0.227. The highest BCUT2D eigenvalue weighted by Gasteiger charge is 2.16. The van der Waals surface area contributed by atoms with Gasteiger partial charge >= 0.3 is 0 Å². The van der Waals surface area contributed by atoms with Crippen molar-refractivity contribution in [3.05, 3.63) is 77.6 Å². The van der Waals surface area contributed by atoms with Crippen LogP contribution in [-0.4, -0.2) is 36.6 Å². The average Bonchev–Trinajstić information content (AvgIpc) is 2.73. The smallest absolute Gasteiger partial charge is 0.276 e. The summed E-state index contributed by atoms with van der Waals surface area (Å²) in [4.78, 5) is 23.2. The lowest BCUT2D eigenvalue weighted by Crippen LogP contribution is -2.27. The number of nitrogens with one attached hydrogen (secondary N) is 1. The van der Waals surface area contributed by atoms with Crippen LogP contribution >= 0.6 is 0 Å². The van der Waals surface area contributed by atoms with Gasteiger partial charge in [-0.2, -0.15) is 0 Å². The molecule has 0 fully saturated rings. The molecular formula is C22H24N4O2. The SMILES string of the molecule is COc1cccc(CCNc2nc(C)cc(C(=O)N(C)c3ccccc3)n2)c1. The van der Waals surface area contributed by atoms with Crippen molar-refractivity contribution in [1.29, 1.82) is 0 Å². The lowest BCUT2D eigenvalue weighted by Gasteiger charge is -2.17. The van der Waals surface area contributed by atoms with E-state index in [-0.39, 0.29) is 5.91 Å². The van der Waals surface area contributed by atoms with Gasteiger partial charge < -0.3 is 15.0 Å². The van der Waals surface area contributed by atoms with Gasteiger partial charge in [0.05, 0.1) is 7.11 Å². The summed E-state index contributed by atoms with van der Waals surface area (Å²) in [5.74, 6) is 1.11. The number of rotatable bonds is 7. The van der Waals surface area contributed by atoms with E-state index in [0.29, 0.717) is 18.2 Å². The van der Waals surface area contributed by atoms with Crippen LogP contribution in [0, 0.1) is 6.92 Å². The molecule has 0 unspecified atom stereocenters. The molecule has 0 saturated heterocycles. The van der Waals surface area contributed by atoms with Crippen LogP contribution in [0.2, 0.25) is 0 Å². The molecule has 1 aromatic heterocycles. The van der Waals surface area contributed by atoms with E-state index in [0.717, 1.165) is 29.1 Å². The molecule has 0 aliphatic carbocycles. The Kier molecular flexibility index (Phi) is 6.22. The number of aromatic nitrogens is 2. The molecule has 3 rings (SSSR count). The fourth-order valence-electron chi connectivity index (χ4n) is 2.84. The monoisotopic (exact) mass is 376 g/mol. The summed E-state index contributed by atoms with van der Waals surface area (Å²) in [7, 11) is 3.40. The molecule has 6 heteroatoms. The molecule has 2 aromatic carbocycles. The number of aryl methyl sites for hydroxylation is 1. The number of ether oxygens (including phenoxy) is 1. The maximum absolute atomic E-state index is 12.8. The predicted molar refractivity (Wildman–Crippen MR) is 111 cm³/mol. The summed E-state index contributed by atoms with van der Waals surface area (Å²) in [5, 5.41) is 3.21.